The van der Waals surface area contributed by atoms with E-state index in [9.17, 15) is 0 Å². The lowest BCUT2D eigenvalue weighted by atomic mass is 9.97. The first-order valence-corrected chi connectivity index (χ1v) is 17.1. The number of nitrogens with one attached hydrogen (secondary N) is 3. The molecule has 0 spiro atoms. The summed E-state index contributed by atoms with van der Waals surface area (Å²) in [6.07, 6.45) is 10.3. The van der Waals surface area contributed by atoms with Crippen molar-refractivity contribution in [3.63, 3.8) is 0 Å². The van der Waals surface area contributed by atoms with Crippen molar-refractivity contribution in [2.75, 3.05) is 28.1 Å². The normalized spacial score (nSPS) is 11.1. The maximum atomic E-state index is 6.06. The largest absolute Gasteiger partial charge is 0.399 e. The molecule has 0 fully saturated rings. The Morgan fingerprint density at radius 1 is 0.674 bits per heavy atom. The summed E-state index contributed by atoms with van der Waals surface area (Å²) in [6.45, 7) is 9.66. The van der Waals surface area contributed by atoms with Crippen LogP contribution in [-0.4, -0.2) is 6.54 Å². The van der Waals surface area contributed by atoms with Gasteiger partial charge in [-0.1, -0.05) is 113 Å². The van der Waals surface area contributed by atoms with Gasteiger partial charge in [-0.25, -0.2) is 10.5 Å². The van der Waals surface area contributed by atoms with E-state index in [1.807, 2.05) is 12.1 Å². The molecule has 0 aliphatic rings. The Labute approximate surface area is 276 Å². The fourth-order valence-electron chi connectivity index (χ4n) is 6.19. The number of hydrogen-bond acceptors (Lipinski definition) is 5. The Hall–Kier alpha value is -4.48. The molecular formula is C41H51N5. The summed E-state index contributed by atoms with van der Waals surface area (Å²) >= 11 is 0. The Balaban J connectivity index is 1.50. The van der Waals surface area contributed by atoms with Gasteiger partial charge in [0.1, 0.15) is 0 Å². The fraction of sp³-hybridized carbons (Fsp3) is 0.317. The number of fused-ring (bicyclic) bond motifs is 1. The van der Waals surface area contributed by atoms with E-state index in [0.29, 0.717) is 0 Å². The molecule has 5 aromatic rings. The third kappa shape index (κ3) is 8.41. The van der Waals surface area contributed by atoms with Gasteiger partial charge in [0.15, 0.2) is 0 Å². The Kier molecular flexibility index (Phi) is 11.6. The molecule has 240 valence electrons. The summed E-state index contributed by atoms with van der Waals surface area (Å²) in [4.78, 5) is 0. The molecule has 0 heterocycles. The molecule has 0 unspecified atom stereocenters. The maximum absolute atomic E-state index is 6.06. The summed E-state index contributed by atoms with van der Waals surface area (Å²) in [5, 5.41) is 8.46. The molecule has 0 aliphatic heterocycles. The average molecular weight is 614 g/mol. The first-order chi connectivity index (χ1) is 22.4. The van der Waals surface area contributed by atoms with Gasteiger partial charge in [0.25, 0.3) is 0 Å². The van der Waals surface area contributed by atoms with Crippen molar-refractivity contribution >= 4 is 39.2 Å². The SMILES string of the molecule is CCCCCCCCCCNN(Nc1cccc(C)c1)c1ccc(-c2ccc(N)cc2)c(C)c1Nc1ccc(C)c2ccccc12. The predicted octanol–water partition coefficient (Wildman–Crippen LogP) is 11.2. The molecule has 5 nitrogen and oxygen atoms in total. The van der Waals surface area contributed by atoms with Crippen molar-refractivity contribution in [3.05, 3.63) is 114 Å². The van der Waals surface area contributed by atoms with Gasteiger partial charge >= 0.3 is 0 Å². The lowest BCUT2D eigenvalue weighted by Crippen LogP contribution is -2.43. The second kappa shape index (κ2) is 16.2. The smallest absolute Gasteiger partial charge is 0.0994 e. The van der Waals surface area contributed by atoms with E-state index < -0.39 is 0 Å². The summed E-state index contributed by atoms with van der Waals surface area (Å²) in [6, 6.07) is 34.1. The molecule has 0 aliphatic carbocycles. The van der Waals surface area contributed by atoms with Gasteiger partial charge in [0.2, 0.25) is 0 Å². The van der Waals surface area contributed by atoms with Crippen LogP contribution in [0.1, 0.15) is 75.0 Å². The topological polar surface area (TPSA) is 65.3 Å². The molecule has 5 aromatic carbocycles. The van der Waals surface area contributed by atoms with Gasteiger partial charge in [-0.3, -0.25) is 5.43 Å². The molecule has 5 heteroatoms. The number of benzene rings is 5. The number of nitrogens with two attached hydrogens (primary N) is 1. The van der Waals surface area contributed by atoms with Crippen molar-refractivity contribution in [2.45, 2.75) is 79.1 Å². The van der Waals surface area contributed by atoms with Crippen LogP contribution in [0.3, 0.4) is 0 Å². The van der Waals surface area contributed by atoms with Crippen molar-refractivity contribution in [1.29, 1.82) is 0 Å². The summed E-state index contributed by atoms with van der Waals surface area (Å²) in [7, 11) is 0. The van der Waals surface area contributed by atoms with Crippen molar-refractivity contribution in [1.82, 2.24) is 5.43 Å². The van der Waals surface area contributed by atoms with Crippen LogP contribution >= 0.6 is 0 Å². The molecular weight excluding hydrogens is 562 g/mol. The third-order valence-corrected chi connectivity index (χ3v) is 8.87. The van der Waals surface area contributed by atoms with Crippen LogP contribution in [0.4, 0.5) is 28.4 Å². The van der Waals surface area contributed by atoms with Gasteiger partial charge in [-0.05, 0) is 96.8 Å². The Morgan fingerprint density at radius 3 is 2.13 bits per heavy atom. The molecule has 0 aromatic heterocycles. The third-order valence-electron chi connectivity index (χ3n) is 8.87. The molecule has 0 bridgehead atoms. The van der Waals surface area contributed by atoms with Crippen LogP contribution in [0, 0.1) is 20.8 Å². The fourth-order valence-corrected chi connectivity index (χ4v) is 6.19. The summed E-state index contributed by atoms with van der Waals surface area (Å²) < 4.78 is 0. The zero-order valence-corrected chi connectivity index (χ0v) is 28.1. The van der Waals surface area contributed by atoms with Gasteiger partial charge in [0.05, 0.1) is 17.1 Å². The Morgan fingerprint density at radius 2 is 1.39 bits per heavy atom. The number of hydrogen-bond donors (Lipinski definition) is 4. The minimum Gasteiger partial charge on any atom is -0.399 e. The van der Waals surface area contributed by atoms with Gasteiger partial charge in [-0.15, -0.1) is 0 Å². The van der Waals surface area contributed by atoms with E-state index in [4.69, 9.17) is 5.73 Å². The van der Waals surface area contributed by atoms with E-state index in [-0.39, 0.29) is 0 Å². The monoisotopic (exact) mass is 613 g/mol. The van der Waals surface area contributed by atoms with E-state index in [1.165, 1.54) is 72.4 Å². The molecule has 46 heavy (non-hydrogen) atoms. The Bertz CT molecular complexity index is 1710. The van der Waals surface area contributed by atoms with Crippen LogP contribution in [0.15, 0.2) is 97.1 Å². The van der Waals surface area contributed by atoms with E-state index in [2.05, 4.69) is 134 Å². The summed E-state index contributed by atoms with van der Waals surface area (Å²) in [5.74, 6) is 0. The average Bonchev–Trinajstić information content (AvgIpc) is 3.06. The second-order valence-electron chi connectivity index (χ2n) is 12.6. The van der Waals surface area contributed by atoms with Gasteiger partial charge < -0.3 is 11.1 Å². The number of anilines is 5. The number of nitrogen functional groups attached to an aromatic ring is 1. The highest BCUT2D eigenvalue weighted by molar-refractivity contribution is 5.99. The van der Waals surface area contributed by atoms with Crippen LogP contribution in [0.5, 0.6) is 0 Å². The van der Waals surface area contributed by atoms with Crippen LogP contribution in [0.25, 0.3) is 21.9 Å². The molecule has 5 rings (SSSR count). The van der Waals surface area contributed by atoms with E-state index >= 15 is 0 Å². The van der Waals surface area contributed by atoms with Gasteiger partial charge in [-0.2, -0.15) is 0 Å². The van der Waals surface area contributed by atoms with Crippen molar-refractivity contribution in [2.24, 2.45) is 0 Å². The van der Waals surface area contributed by atoms with Crippen molar-refractivity contribution < 1.29 is 0 Å². The molecule has 5 N–H and O–H groups in total. The zero-order chi connectivity index (χ0) is 32.3. The predicted molar refractivity (Wildman–Crippen MR) is 201 cm³/mol. The molecule has 0 radical (unpaired) electrons. The van der Waals surface area contributed by atoms with Gasteiger partial charge in [0, 0.05) is 23.3 Å². The maximum Gasteiger partial charge on any atom is 0.0994 e. The lowest BCUT2D eigenvalue weighted by molar-refractivity contribution is 0.552. The zero-order valence-electron chi connectivity index (χ0n) is 28.1. The summed E-state index contributed by atoms with van der Waals surface area (Å²) in [5.41, 5.74) is 24.4. The van der Waals surface area contributed by atoms with E-state index in [0.717, 1.165) is 52.5 Å². The van der Waals surface area contributed by atoms with Crippen LogP contribution in [0.2, 0.25) is 0 Å². The molecule has 0 saturated carbocycles. The molecule has 0 amide bonds. The van der Waals surface area contributed by atoms with Crippen molar-refractivity contribution in [3.8, 4) is 11.1 Å². The van der Waals surface area contributed by atoms with Crippen LogP contribution in [-0.2, 0) is 0 Å². The highest BCUT2D eigenvalue weighted by Gasteiger charge is 2.19. The second-order valence-corrected chi connectivity index (χ2v) is 12.6. The van der Waals surface area contributed by atoms with E-state index in [1.54, 1.807) is 0 Å². The number of unbranched alkanes of at least 4 members (excludes halogenated alkanes) is 7. The number of aryl methyl sites for hydroxylation is 2. The minimum atomic E-state index is 0.765. The standard InChI is InChI=1S/C41H51N5/c1-5-6-7-8-9-10-11-14-28-43-46(45-35-17-15-16-30(2)29-35)40-27-25-37(33-21-23-34(42)24-22-33)32(4)41(40)44-39-26-20-31(3)36-18-12-13-19-38(36)39/h12-13,15-27,29,43-45H,5-11,14,28,42H2,1-4H3. The number of rotatable bonds is 16. The highest BCUT2D eigenvalue weighted by atomic mass is 15.7. The first kappa shape index (κ1) is 32.9. The van der Waals surface area contributed by atoms with Crippen LogP contribution < -0.4 is 27.0 Å². The first-order valence-electron chi connectivity index (χ1n) is 17.1. The highest BCUT2D eigenvalue weighted by Crippen LogP contribution is 2.40. The number of nitrogens with zero attached hydrogens (tertiary/aromatic N) is 1. The quantitative estimate of drug-likeness (QED) is 0.0506. The number of hydrazine groups is 2. The molecule has 0 atom stereocenters. The minimum absolute atomic E-state index is 0.765. The lowest BCUT2D eigenvalue weighted by Gasteiger charge is -2.31. The molecule has 0 saturated heterocycles.